The van der Waals surface area contributed by atoms with Crippen LogP contribution in [-0.2, 0) is 21.2 Å². The molecule has 0 aliphatic carbocycles. The first-order valence-corrected chi connectivity index (χ1v) is 8.36. The van der Waals surface area contributed by atoms with Crippen molar-refractivity contribution in [2.24, 2.45) is 0 Å². The molecular formula is C16H17NO5S. The van der Waals surface area contributed by atoms with E-state index in [9.17, 15) is 13.2 Å². The molecular weight excluding hydrogens is 318 g/mol. The normalized spacial score (nSPS) is 11.0. The number of sulfonamides is 1. The standard InChI is InChI=1S/C16H17NO5S/c1-22-14-7-5-13(6-8-14)17-23(20,21)15-9-2-12(3-10-15)4-11-16(18)19/h2-3,5-10,17H,4,11H2,1H3,(H,18,19). The van der Waals surface area contributed by atoms with Gasteiger partial charge in [0.2, 0.25) is 0 Å². The Hall–Kier alpha value is -2.54. The summed E-state index contributed by atoms with van der Waals surface area (Å²) in [6, 6.07) is 12.7. The highest BCUT2D eigenvalue weighted by molar-refractivity contribution is 7.92. The number of anilines is 1. The Morgan fingerprint density at radius 2 is 1.70 bits per heavy atom. The van der Waals surface area contributed by atoms with E-state index >= 15 is 0 Å². The average Bonchev–Trinajstić information content (AvgIpc) is 2.53. The van der Waals surface area contributed by atoms with Gasteiger partial charge in [0.1, 0.15) is 5.75 Å². The SMILES string of the molecule is COc1ccc(NS(=O)(=O)c2ccc(CCC(=O)O)cc2)cc1. The summed E-state index contributed by atoms with van der Waals surface area (Å²) in [6.07, 6.45) is 0.373. The number of carboxylic acid groups (broad SMARTS) is 1. The van der Waals surface area contributed by atoms with Gasteiger partial charge >= 0.3 is 5.97 Å². The smallest absolute Gasteiger partial charge is 0.303 e. The molecule has 2 N–H and O–H groups in total. The molecule has 0 spiro atoms. The van der Waals surface area contributed by atoms with Crippen LogP contribution in [0.4, 0.5) is 5.69 Å². The fourth-order valence-corrected chi connectivity index (χ4v) is 3.02. The van der Waals surface area contributed by atoms with Gasteiger partial charge in [0.05, 0.1) is 12.0 Å². The van der Waals surface area contributed by atoms with Crippen LogP contribution in [0.1, 0.15) is 12.0 Å². The number of hydrogen-bond donors (Lipinski definition) is 2. The molecule has 23 heavy (non-hydrogen) atoms. The predicted molar refractivity (Wildman–Crippen MR) is 86.2 cm³/mol. The lowest BCUT2D eigenvalue weighted by molar-refractivity contribution is -0.136. The molecule has 0 saturated carbocycles. The highest BCUT2D eigenvalue weighted by Crippen LogP contribution is 2.19. The van der Waals surface area contributed by atoms with Crippen molar-refractivity contribution in [1.29, 1.82) is 0 Å². The third kappa shape index (κ3) is 4.72. The van der Waals surface area contributed by atoms with Crippen LogP contribution in [0.3, 0.4) is 0 Å². The molecule has 0 amide bonds. The van der Waals surface area contributed by atoms with E-state index in [-0.39, 0.29) is 11.3 Å². The molecule has 0 bridgehead atoms. The second-order valence-electron chi connectivity index (χ2n) is 4.87. The quantitative estimate of drug-likeness (QED) is 0.811. The second kappa shape index (κ2) is 7.15. The number of benzene rings is 2. The van der Waals surface area contributed by atoms with Gasteiger partial charge in [-0.25, -0.2) is 8.42 Å². The molecule has 7 heteroatoms. The predicted octanol–water partition coefficient (Wildman–Crippen LogP) is 2.51. The summed E-state index contributed by atoms with van der Waals surface area (Å²) in [4.78, 5) is 10.7. The van der Waals surface area contributed by atoms with Gasteiger partial charge in [-0.05, 0) is 48.4 Å². The van der Waals surface area contributed by atoms with E-state index < -0.39 is 16.0 Å². The molecule has 0 aliphatic rings. The van der Waals surface area contributed by atoms with Crippen molar-refractivity contribution in [1.82, 2.24) is 0 Å². The first kappa shape index (κ1) is 16.8. The van der Waals surface area contributed by atoms with Crippen molar-refractivity contribution in [2.75, 3.05) is 11.8 Å². The Balaban J connectivity index is 2.10. The maximum atomic E-state index is 12.3. The fraction of sp³-hybridized carbons (Fsp3) is 0.188. The van der Waals surface area contributed by atoms with Gasteiger partial charge in [-0.2, -0.15) is 0 Å². The minimum atomic E-state index is -3.69. The molecule has 2 rings (SSSR count). The minimum Gasteiger partial charge on any atom is -0.497 e. The number of carbonyl (C=O) groups is 1. The van der Waals surface area contributed by atoms with Crippen molar-refractivity contribution in [2.45, 2.75) is 17.7 Å². The van der Waals surface area contributed by atoms with Crippen LogP contribution in [0.2, 0.25) is 0 Å². The zero-order valence-electron chi connectivity index (χ0n) is 12.5. The number of rotatable bonds is 7. The number of methoxy groups -OCH3 is 1. The van der Waals surface area contributed by atoms with Crippen LogP contribution in [0.15, 0.2) is 53.4 Å². The van der Waals surface area contributed by atoms with Gasteiger partial charge < -0.3 is 9.84 Å². The zero-order valence-corrected chi connectivity index (χ0v) is 13.3. The van der Waals surface area contributed by atoms with E-state index in [1.54, 1.807) is 36.4 Å². The van der Waals surface area contributed by atoms with E-state index in [0.717, 1.165) is 5.56 Å². The molecule has 0 aliphatic heterocycles. The third-order valence-corrected chi connectivity index (χ3v) is 4.60. The Bertz CT molecular complexity index is 767. The van der Waals surface area contributed by atoms with E-state index in [2.05, 4.69) is 4.72 Å². The lowest BCUT2D eigenvalue weighted by Crippen LogP contribution is -2.12. The number of aryl methyl sites for hydroxylation is 1. The number of carboxylic acids is 1. The van der Waals surface area contributed by atoms with Gasteiger partial charge in [0, 0.05) is 12.1 Å². The molecule has 0 aromatic heterocycles. The lowest BCUT2D eigenvalue weighted by atomic mass is 10.1. The lowest BCUT2D eigenvalue weighted by Gasteiger charge is -2.09. The maximum absolute atomic E-state index is 12.3. The van der Waals surface area contributed by atoms with E-state index in [1.807, 2.05) is 0 Å². The van der Waals surface area contributed by atoms with Crippen LogP contribution in [0.25, 0.3) is 0 Å². The first-order valence-electron chi connectivity index (χ1n) is 6.88. The van der Waals surface area contributed by atoms with Gasteiger partial charge in [-0.3, -0.25) is 9.52 Å². The van der Waals surface area contributed by atoms with Crippen LogP contribution in [0.5, 0.6) is 5.75 Å². The Kier molecular flexibility index (Phi) is 5.23. The molecule has 2 aromatic rings. The Morgan fingerprint density at radius 1 is 1.09 bits per heavy atom. The first-order chi connectivity index (χ1) is 10.9. The minimum absolute atomic E-state index is 0.0101. The monoisotopic (exact) mass is 335 g/mol. The molecule has 0 atom stereocenters. The molecule has 122 valence electrons. The van der Waals surface area contributed by atoms with E-state index in [0.29, 0.717) is 17.9 Å². The van der Waals surface area contributed by atoms with Crippen LogP contribution < -0.4 is 9.46 Å². The maximum Gasteiger partial charge on any atom is 0.303 e. The summed E-state index contributed by atoms with van der Waals surface area (Å²) in [7, 11) is -2.16. The summed E-state index contributed by atoms with van der Waals surface area (Å²) in [6.45, 7) is 0. The summed E-state index contributed by atoms with van der Waals surface area (Å²) in [5, 5.41) is 8.65. The number of aliphatic carboxylic acids is 1. The summed E-state index contributed by atoms with van der Waals surface area (Å²) >= 11 is 0. The molecule has 0 unspecified atom stereocenters. The van der Waals surface area contributed by atoms with Crippen molar-refractivity contribution < 1.29 is 23.1 Å². The average molecular weight is 335 g/mol. The second-order valence-corrected chi connectivity index (χ2v) is 6.55. The Morgan fingerprint density at radius 3 is 2.22 bits per heavy atom. The van der Waals surface area contributed by atoms with Gasteiger partial charge in [-0.1, -0.05) is 12.1 Å². The zero-order chi connectivity index (χ0) is 16.9. The number of hydrogen-bond acceptors (Lipinski definition) is 4. The highest BCUT2D eigenvalue weighted by atomic mass is 32.2. The van der Waals surface area contributed by atoms with Gasteiger partial charge in [0.25, 0.3) is 10.0 Å². The van der Waals surface area contributed by atoms with Crippen molar-refractivity contribution in [3.8, 4) is 5.75 Å². The van der Waals surface area contributed by atoms with Crippen molar-refractivity contribution in [3.05, 3.63) is 54.1 Å². The van der Waals surface area contributed by atoms with Gasteiger partial charge in [0.15, 0.2) is 0 Å². The molecule has 6 nitrogen and oxygen atoms in total. The highest BCUT2D eigenvalue weighted by Gasteiger charge is 2.14. The molecule has 2 aromatic carbocycles. The molecule has 0 fully saturated rings. The van der Waals surface area contributed by atoms with Crippen molar-refractivity contribution in [3.63, 3.8) is 0 Å². The van der Waals surface area contributed by atoms with Crippen molar-refractivity contribution >= 4 is 21.7 Å². The molecule has 0 heterocycles. The largest absolute Gasteiger partial charge is 0.497 e. The Labute approximate surface area is 134 Å². The van der Waals surface area contributed by atoms with Gasteiger partial charge in [-0.15, -0.1) is 0 Å². The van der Waals surface area contributed by atoms with E-state index in [1.165, 1.54) is 19.2 Å². The summed E-state index contributed by atoms with van der Waals surface area (Å²) < 4.78 is 32.1. The van der Waals surface area contributed by atoms with Crippen LogP contribution in [-0.4, -0.2) is 26.6 Å². The van der Waals surface area contributed by atoms with Crippen LogP contribution >= 0.6 is 0 Å². The van der Waals surface area contributed by atoms with E-state index in [4.69, 9.17) is 9.84 Å². The van der Waals surface area contributed by atoms with Crippen LogP contribution in [0, 0.1) is 0 Å². The molecule has 0 saturated heterocycles. The number of nitrogens with one attached hydrogen (secondary N) is 1. The fourth-order valence-electron chi connectivity index (χ4n) is 1.96. The molecule has 0 radical (unpaired) electrons. The third-order valence-electron chi connectivity index (χ3n) is 3.20. The topological polar surface area (TPSA) is 92.7 Å². The summed E-state index contributed by atoms with van der Waals surface area (Å²) in [5.74, 6) is -0.251. The number of ether oxygens (including phenoxy) is 1. The summed E-state index contributed by atoms with van der Waals surface area (Å²) in [5.41, 5.74) is 1.21.